The van der Waals surface area contributed by atoms with Crippen molar-refractivity contribution in [3.63, 3.8) is 0 Å². The Kier molecular flexibility index (Phi) is 4.61. The lowest BCUT2D eigenvalue weighted by atomic mass is 9.92. The molecular formula is C16H26N2O. The summed E-state index contributed by atoms with van der Waals surface area (Å²) in [4.78, 5) is 2.50. The van der Waals surface area contributed by atoms with Gasteiger partial charge in [-0.15, -0.1) is 0 Å². The maximum atomic E-state index is 6.39. The van der Waals surface area contributed by atoms with E-state index in [0.29, 0.717) is 5.92 Å². The number of nitrogens with zero attached hydrogens (tertiary/aromatic N) is 1. The number of hydrogen-bond donors (Lipinski definition) is 1. The summed E-state index contributed by atoms with van der Waals surface area (Å²) >= 11 is 0. The zero-order valence-electron chi connectivity index (χ0n) is 12.3. The Morgan fingerprint density at radius 2 is 2.00 bits per heavy atom. The zero-order chi connectivity index (χ0) is 13.9. The molecule has 3 heteroatoms. The van der Waals surface area contributed by atoms with E-state index in [-0.39, 0.29) is 11.6 Å². The molecule has 19 heavy (non-hydrogen) atoms. The second kappa shape index (κ2) is 6.04. The van der Waals surface area contributed by atoms with Crippen LogP contribution in [0.25, 0.3) is 0 Å². The molecular weight excluding hydrogens is 236 g/mol. The van der Waals surface area contributed by atoms with Gasteiger partial charge in [-0.25, -0.2) is 0 Å². The summed E-state index contributed by atoms with van der Waals surface area (Å²) in [6.07, 6.45) is 0. The van der Waals surface area contributed by atoms with E-state index in [1.807, 2.05) is 6.07 Å². The Morgan fingerprint density at radius 1 is 1.32 bits per heavy atom. The van der Waals surface area contributed by atoms with E-state index in [4.69, 9.17) is 10.5 Å². The highest BCUT2D eigenvalue weighted by Gasteiger charge is 2.32. The fourth-order valence-corrected chi connectivity index (χ4v) is 2.69. The summed E-state index contributed by atoms with van der Waals surface area (Å²) in [5.74, 6) is 0.430. The van der Waals surface area contributed by atoms with E-state index in [1.165, 1.54) is 5.56 Å². The van der Waals surface area contributed by atoms with Gasteiger partial charge >= 0.3 is 0 Å². The van der Waals surface area contributed by atoms with Crippen molar-refractivity contribution in [1.29, 1.82) is 0 Å². The van der Waals surface area contributed by atoms with Gasteiger partial charge in [0.2, 0.25) is 0 Å². The van der Waals surface area contributed by atoms with Crippen molar-refractivity contribution in [1.82, 2.24) is 4.90 Å². The molecule has 106 valence electrons. The van der Waals surface area contributed by atoms with Crippen LogP contribution in [0, 0.1) is 5.92 Å². The Morgan fingerprint density at radius 3 is 2.63 bits per heavy atom. The standard InChI is InChI=1S/C16H26N2O/c1-13(15(17)14-7-5-4-6-8-14)11-18-9-10-19-12-16(18,2)3/h4-8,13,15H,9-12,17H2,1-3H3. The molecule has 0 amide bonds. The van der Waals surface area contributed by atoms with E-state index in [9.17, 15) is 0 Å². The molecule has 1 saturated heterocycles. The van der Waals surface area contributed by atoms with E-state index in [1.54, 1.807) is 0 Å². The summed E-state index contributed by atoms with van der Waals surface area (Å²) in [6.45, 7) is 10.4. The number of rotatable bonds is 4. The third-order valence-corrected chi connectivity index (χ3v) is 4.12. The molecule has 3 nitrogen and oxygen atoms in total. The van der Waals surface area contributed by atoms with E-state index >= 15 is 0 Å². The average Bonchev–Trinajstić information content (AvgIpc) is 2.41. The number of benzene rings is 1. The predicted octanol–water partition coefficient (Wildman–Crippen LogP) is 2.43. The number of morpholine rings is 1. The normalized spacial score (nSPS) is 22.9. The lowest BCUT2D eigenvalue weighted by Crippen LogP contribution is -2.54. The number of nitrogens with two attached hydrogens (primary N) is 1. The van der Waals surface area contributed by atoms with Gasteiger partial charge in [0.15, 0.2) is 0 Å². The van der Waals surface area contributed by atoms with Crippen molar-refractivity contribution >= 4 is 0 Å². The van der Waals surface area contributed by atoms with Crippen LogP contribution < -0.4 is 5.73 Å². The molecule has 1 fully saturated rings. The van der Waals surface area contributed by atoms with Crippen LogP contribution in [0.1, 0.15) is 32.4 Å². The molecule has 2 unspecified atom stereocenters. The van der Waals surface area contributed by atoms with Crippen molar-refractivity contribution in [2.45, 2.75) is 32.4 Å². The van der Waals surface area contributed by atoms with Gasteiger partial charge in [0.25, 0.3) is 0 Å². The second-order valence-electron chi connectivity index (χ2n) is 6.22. The van der Waals surface area contributed by atoms with Crippen LogP contribution in [0.15, 0.2) is 30.3 Å². The molecule has 0 spiro atoms. The molecule has 2 N–H and O–H groups in total. The minimum absolute atomic E-state index is 0.0971. The minimum Gasteiger partial charge on any atom is -0.378 e. The van der Waals surface area contributed by atoms with Crippen LogP contribution in [-0.2, 0) is 4.74 Å². The molecule has 2 rings (SSSR count). The van der Waals surface area contributed by atoms with E-state index < -0.39 is 0 Å². The Bertz CT molecular complexity index is 391. The maximum absolute atomic E-state index is 6.39. The SMILES string of the molecule is CC(CN1CCOCC1(C)C)C(N)c1ccccc1. The molecule has 0 saturated carbocycles. The molecule has 1 aliphatic heterocycles. The molecule has 0 aromatic heterocycles. The Hall–Kier alpha value is -0.900. The molecule has 1 heterocycles. The van der Waals surface area contributed by atoms with Crippen LogP contribution in [-0.4, -0.2) is 36.7 Å². The molecule has 2 atom stereocenters. The van der Waals surface area contributed by atoms with Gasteiger partial charge in [0, 0.05) is 24.7 Å². The molecule has 0 bridgehead atoms. The highest BCUT2D eigenvalue weighted by molar-refractivity contribution is 5.19. The highest BCUT2D eigenvalue weighted by Crippen LogP contribution is 2.25. The third-order valence-electron chi connectivity index (χ3n) is 4.12. The first-order valence-corrected chi connectivity index (χ1v) is 7.14. The number of ether oxygens (including phenoxy) is 1. The quantitative estimate of drug-likeness (QED) is 0.905. The first-order valence-electron chi connectivity index (χ1n) is 7.14. The molecule has 1 aromatic rings. The van der Waals surface area contributed by atoms with Gasteiger partial charge in [0.05, 0.1) is 13.2 Å². The van der Waals surface area contributed by atoms with Crippen LogP contribution in [0.5, 0.6) is 0 Å². The van der Waals surface area contributed by atoms with E-state index in [2.05, 4.69) is 49.9 Å². The van der Waals surface area contributed by atoms with Crippen molar-refractivity contribution in [2.75, 3.05) is 26.3 Å². The lowest BCUT2D eigenvalue weighted by Gasteiger charge is -2.44. The Labute approximate surface area is 116 Å². The first kappa shape index (κ1) is 14.5. The van der Waals surface area contributed by atoms with Gasteiger partial charge in [0.1, 0.15) is 0 Å². The fourth-order valence-electron chi connectivity index (χ4n) is 2.69. The second-order valence-corrected chi connectivity index (χ2v) is 6.22. The Balaban J connectivity index is 1.98. The van der Waals surface area contributed by atoms with E-state index in [0.717, 1.165) is 26.3 Å². The van der Waals surface area contributed by atoms with Crippen molar-refractivity contribution in [3.8, 4) is 0 Å². The molecule has 0 aliphatic carbocycles. The fraction of sp³-hybridized carbons (Fsp3) is 0.625. The molecule has 0 radical (unpaired) electrons. The van der Waals surface area contributed by atoms with Crippen LogP contribution in [0.2, 0.25) is 0 Å². The van der Waals surface area contributed by atoms with Crippen molar-refractivity contribution in [3.05, 3.63) is 35.9 Å². The average molecular weight is 262 g/mol. The highest BCUT2D eigenvalue weighted by atomic mass is 16.5. The summed E-state index contributed by atoms with van der Waals surface area (Å²) in [5.41, 5.74) is 7.72. The smallest absolute Gasteiger partial charge is 0.0645 e. The predicted molar refractivity (Wildman–Crippen MR) is 79.0 cm³/mol. The van der Waals surface area contributed by atoms with Gasteiger partial charge in [-0.3, -0.25) is 4.90 Å². The topological polar surface area (TPSA) is 38.5 Å². The summed E-state index contributed by atoms with van der Waals surface area (Å²) in [5, 5.41) is 0. The van der Waals surface area contributed by atoms with Crippen molar-refractivity contribution in [2.24, 2.45) is 11.7 Å². The number of hydrogen-bond acceptors (Lipinski definition) is 3. The van der Waals surface area contributed by atoms with Crippen molar-refractivity contribution < 1.29 is 4.74 Å². The van der Waals surface area contributed by atoms with Gasteiger partial charge in [-0.05, 0) is 25.3 Å². The first-order chi connectivity index (χ1) is 9.00. The van der Waals surface area contributed by atoms with Crippen LogP contribution in [0.3, 0.4) is 0 Å². The summed E-state index contributed by atoms with van der Waals surface area (Å²) in [6, 6.07) is 10.5. The largest absolute Gasteiger partial charge is 0.378 e. The van der Waals surface area contributed by atoms with Gasteiger partial charge in [-0.1, -0.05) is 37.3 Å². The van der Waals surface area contributed by atoms with Crippen LogP contribution in [0.4, 0.5) is 0 Å². The third kappa shape index (κ3) is 3.56. The summed E-state index contributed by atoms with van der Waals surface area (Å²) in [7, 11) is 0. The van der Waals surface area contributed by atoms with Crippen LogP contribution >= 0.6 is 0 Å². The zero-order valence-corrected chi connectivity index (χ0v) is 12.3. The van der Waals surface area contributed by atoms with Gasteiger partial charge < -0.3 is 10.5 Å². The van der Waals surface area contributed by atoms with Gasteiger partial charge in [-0.2, -0.15) is 0 Å². The molecule has 1 aliphatic rings. The summed E-state index contributed by atoms with van der Waals surface area (Å²) < 4.78 is 5.57. The molecule has 1 aromatic carbocycles. The lowest BCUT2D eigenvalue weighted by molar-refractivity contribution is -0.0575. The minimum atomic E-state index is 0.0971. The maximum Gasteiger partial charge on any atom is 0.0645 e. The monoisotopic (exact) mass is 262 g/mol.